The Balaban J connectivity index is 0.000000142. The number of nitrogens with zero attached hydrogens (tertiary/aromatic N) is 4. The van der Waals surface area contributed by atoms with Crippen molar-refractivity contribution in [1.82, 2.24) is 24.8 Å². The lowest BCUT2D eigenvalue weighted by Gasteiger charge is -2.03. The van der Waals surface area contributed by atoms with Gasteiger partial charge in [0.1, 0.15) is 6.33 Å². The van der Waals surface area contributed by atoms with Gasteiger partial charge in [-0.1, -0.05) is 36.4 Å². The Morgan fingerprint density at radius 3 is 2.61 bits per heavy atom. The second-order valence-electron chi connectivity index (χ2n) is 6.35. The molecule has 5 rings (SSSR count). The number of nitrogens with one attached hydrogen (secondary N) is 1. The van der Waals surface area contributed by atoms with Crippen molar-refractivity contribution in [2.24, 2.45) is 0 Å². The first-order chi connectivity index (χ1) is 13.8. The van der Waals surface area contributed by atoms with E-state index in [-0.39, 0.29) is 5.91 Å². The SMILES string of the molecule is CNC(=O)c1cccc(-c2cncnc2)c1.c1ccc2c(c1)Cn1cncc1-2. The lowest BCUT2D eigenvalue weighted by molar-refractivity contribution is 0.0963. The highest BCUT2D eigenvalue weighted by atomic mass is 16.1. The minimum atomic E-state index is -0.0984. The van der Waals surface area contributed by atoms with E-state index in [1.54, 1.807) is 25.5 Å². The molecule has 0 radical (unpaired) electrons. The molecule has 0 atom stereocenters. The number of hydrogen-bond acceptors (Lipinski definition) is 4. The third-order valence-corrected chi connectivity index (χ3v) is 4.59. The van der Waals surface area contributed by atoms with Crippen LogP contribution in [0.3, 0.4) is 0 Å². The van der Waals surface area contributed by atoms with Gasteiger partial charge in [0.05, 0.1) is 18.2 Å². The summed E-state index contributed by atoms with van der Waals surface area (Å²) in [7, 11) is 1.61. The van der Waals surface area contributed by atoms with Gasteiger partial charge in [-0.2, -0.15) is 0 Å². The average molecular weight is 369 g/mol. The predicted molar refractivity (Wildman–Crippen MR) is 108 cm³/mol. The summed E-state index contributed by atoms with van der Waals surface area (Å²) >= 11 is 0. The first-order valence-corrected chi connectivity index (χ1v) is 8.92. The standard InChI is InChI=1S/C12H11N3O.C10H8N2/c1-13-12(16)10-4-2-3-9(5-10)11-6-14-8-15-7-11;1-2-4-9-8(3-1)6-12-7-11-5-10(9)12/h2-8H,1H3,(H,13,16);1-5,7H,6H2. The van der Waals surface area contributed by atoms with Gasteiger partial charge in [-0.3, -0.25) is 4.79 Å². The van der Waals surface area contributed by atoms with Gasteiger partial charge in [-0.05, 0) is 23.3 Å². The van der Waals surface area contributed by atoms with E-state index < -0.39 is 0 Å². The molecular formula is C22H19N5O. The third-order valence-electron chi connectivity index (χ3n) is 4.59. The van der Waals surface area contributed by atoms with Crippen molar-refractivity contribution in [3.63, 3.8) is 0 Å². The van der Waals surface area contributed by atoms with Gasteiger partial charge < -0.3 is 9.88 Å². The van der Waals surface area contributed by atoms with Crippen LogP contribution in [0.1, 0.15) is 15.9 Å². The summed E-state index contributed by atoms with van der Waals surface area (Å²) in [5.74, 6) is -0.0984. The molecule has 0 aliphatic carbocycles. The fraction of sp³-hybridized carbons (Fsp3) is 0.0909. The number of imidazole rings is 1. The van der Waals surface area contributed by atoms with Crippen LogP contribution in [0.15, 0.2) is 79.8 Å². The molecule has 0 spiro atoms. The molecule has 2 aromatic carbocycles. The molecule has 2 aromatic heterocycles. The molecular weight excluding hydrogens is 350 g/mol. The zero-order chi connectivity index (χ0) is 19.3. The number of carbonyl (C=O) groups is 1. The average Bonchev–Trinajstić information content (AvgIpc) is 3.36. The largest absolute Gasteiger partial charge is 0.355 e. The monoisotopic (exact) mass is 369 g/mol. The molecule has 0 bridgehead atoms. The van der Waals surface area contributed by atoms with Crippen LogP contribution in [0.4, 0.5) is 0 Å². The molecule has 138 valence electrons. The Morgan fingerprint density at radius 1 is 0.964 bits per heavy atom. The van der Waals surface area contributed by atoms with E-state index in [2.05, 4.69) is 49.1 Å². The van der Waals surface area contributed by atoms with Crippen LogP contribution in [0, 0.1) is 0 Å². The summed E-state index contributed by atoms with van der Waals surface area (Å²) in [6.45, 7) is 0.978. The van der Waals surface area contributed by atoms with Crippen LogP contribution in [-0.4, -0.2) is 32.5 Å². The number of aromatic nitrogens is 4. The summed E-state index contributed by atoms with van der Waals surface area (Å²) in [5, 5.41) is 2.59. The molecule has 6 heteroatoms. The Morgan fingerprint density at radius 2 is 1.79 bits per heavy atom. The van der Waals surface area contributed by atoms with E-state index in [4.69, 9.17) is 0 Å². The van der Waals surface area contributed by atoms with E-state index in [9.17, 15) is 4.79 Å². The molecule has 1 aliphatic heterocycles. The number of fused-ring (bicyclic) bond motifs is 3. The molecule has 0 saturated carbocycles. The van der Waals surface area contributed by atoms with E-state index in [1.165, 1.54) is 23.1 Å². The van der Waals surface area contributed by atoms with Crippen molar-refractivity contribution in [3.8, 4) is 22.4 Å². The van der Waals surface area contributed by atoms with Crippen LogP contribution in [-0.2, 0) is 6.54 Å². The third kappa shape index (κ3) is 3.53. The van der Waals surface area contributed by atoms with E-state index in [0.717, 1.165) is 17.7 Å². The molecule has 28 heavy (non-hydrogen) atoms. The van der Waals surface area contributed by atoms with Crippen molar-refractivity contribution in [2.45, 2.75) is 6.54 Å². The van der Waals surface area contributed by atoms with Crippen LogP contribution in [0.5, 0.6) is 0 Å². The molecule has 3 heterocycles. The molecule has 1 N–H and O–H groups in total. The molecule has 1 aliphatic rings. The molecule has 0 saturated heterocycles. The number of rotatable bonds is 2. The summed E-state index contributed by atoms with van der Waals surface area (Å²) in [5.41, 5.74) is 6.43. The Hall–Kier alpha value is -3.80. The first kappa shape index (κ1) is 17.6. The topological polar surface area (TPSA) is 72.7 Å². The van der Waals surface area contributed by atoms with Gasteiger partial charge in [0.25, 0.3) is 5.91 Å². The maximum atomic E-state index is 11.5. The highest BCUT2D eigenvalue weighted by Gasteiger charge is 2.16. The van der Waals surface area contributed by atoms with Gasteiger partial charge in [-0.15, -0.1) is 0 Å². The van der Waals surface area contributed by atoms with Gasteiger partial charge in [0.15, 0.2) is 0 Å². The molecule has 0 unspecified atom stereocenters. The van der Waals surface area contributed by atoms with E-state index in [1.807, 2.05) is 30.7 Å². The normalized spacial score (nSPS) is 11.0. The molecule has 0 fully saturated rings. The summed E-state index contributed by atoms with van der Waals surface area (Å²) in [6, 6.07) is 15.8. The number of carbonyl (C=O) groups excluding carboxylic acids is 1. The maximum absolute atomic E-state index is 11.5. The van der Waals surface area contributed by atoms with Crippen LogP contribution >= 0.6 is 0 Å². The zero-order valence-corrected chi connectivity index (χ0v) is 15.4. The number of hydrogen-bond donors (Lipinski definition) is 1. The fourth-order valence-electron chi connectivity index (χ4n) is 3.20. The Kier molecular flexibility index (Phi) is 4.93. The zero-order valence-electron chi connectivity index (χ0n) is 15.4. The lowest BCUT2D eigenvalue weighted by Crippen LogP contribution is -2.17. The molecule has 6 nitrogen and oxygen atoms in total. The smallest absolute Gasteiger partial charge is 0.251 e. The van der Waals surface area contributed by atoms with Crippen molar-refractivity contribution in [1.29, 1.82) is 0 Å². The fourth-order valence-corrected chi connectivity index (χ4v) is 3.20. The Bertz CT molecular complexity index is 1100. The molecule has 1 amide bonds. The van der Waals surface area contributed by atoms with E-state index >= 15 is 0 Å². The highest BCUT2D eigenvalue weighted by Crippen LogP contribution is 2.30. The first-order valence-electron chi connectivity index (χ1n) is 8.92. The van der Waals surface area contributed by atoms with Crippen molar-refractivity contribution >= 4 is 5.91 Å². The minimum absolute atomic E-state index is 0.0984. The number of benzene rings is 2. The predicted octanol–water partition coefficient (Wildman–Crippen LogP) is 3.42. The molecule has 4 aromatic rings. The van der Waals surface area contributed by atoms with Crippen molar-refractivity contribution < 1.29 is 4.79 Å². The van der Waals surface area contributed by atoms with Crippen molar-refractivity contribution in [3.05, 3.63) is 90.9 Å². The number of amides is 1. The van der Waals surface area contributed by atoms with Gasteiger partial charge in [-0.25, -0.2) is 15.0 Å². The second-order valence-corrected chi connectivity index (χ2v) is 6.35. The van der Waals surface area contributed by atoms with Crippen molar-refractivity contribution in [2.75, 3.05) is 7.05 Å². The van der Waals surface area contributed by atoms with Crippen LogP contribution in [0.2, 0.25) is 0 Å². The van der Waals surface area contributed by atoms with E-state index in [0.29, 0.717) is 5.56 Å². The lowest BCUT2D eigenvalue weighted by atomic mass is 10.1. The van der Waals surface area contributed by atoms with Crippen LogP contribution < -0.4 is 5.32 Å². The summed E-state index contributed by atoms with van der Waals surface area (Å²) < 4.78 is 2.17. The van der Waals surface area contributed by atoms with Gasteiger partial charge in [0.2, 0.25) is 0 Å². The quantitative estimate of drug-likeness (QED) is 0.517. The minimum Gasteiger partial charge on any atom is -0.355 e. The Labute approximate surface area is 162 Å². The summed E-state index contributed by atoms with van der Waals surface area (Å²) in [4.78, 5) is 23.4. The van der Waals surface area contributed by atoms with Gasteiger partial charge in [0, 0.05) is 42.7 Å². The second kappa shape index (κ2) is 7.84. The summed E-state index contributed by atoms with van der Waals surface area (Å²) in [6.07, 6.45) is 8.72. The maximum Gasteiger partial charge on any atom is 0.251 e. The highest BCUT2D eigenvalue weighted by molar-refractivity contribution is 5.95. The van der Waals surface area contributed by atoms with Gasteiger partial charge >= 0.3 is 0 Å². The van der Waals surface area contributed by atoms with Crippen LogP contribution in [0.25, 0.3) is 22.4 Å².